The van der Waals surface area contributed by atoms with Crippen LogP contribution in [0.3, 0.4) is 0 Å². The Bertz CT molecular complexity index is 764. The number of benzene rings is 1. The number of halogens is 1. The average Bonchev–Trinajstić information content (AvgIpc) is 3.27. The number of hydrogen-bond acceptors (Lipinski definition) is 3. The third-order valence-corrected chi connectivity index (χ3v) is 5.61. The summed E-state index contributed by atoms with van der Waals surface area (Å²) in [5.74, 6) is 1.00. The molecular weight excluding hydrogens is 345 g/mol. The Morgan fingerprint density at radius 3 is 2.70 bits per heavy atom. The van der Waals surface area contributed by atoms with Crippen LogP contribution in [0.15, 0.2) is 36.7 Å². The number of nitrogens with zero attached hydrogens (tertiary/aromatic N) is 3. The van der Waals surface area contributed by atoms with Gasteiger partial charge in [0.2, 0.25) is 5.91 Å². The van der Waals surface area contributed by atoms with Crippen molar-refractivity contribution < 1.29 is 13.9 Å². The van der Waals surface area contributed by atoms with Gasteiger partial charge in [-0.3, -0.25) is 4.79 Å². The number of aromatic nitrogens is 2. The number of imidazole rings is 1. The van der Waals surface area contributed by atoms with E-state index >= 15 is 0 Å². The average molecular weight is 371 g/mol. The molecule has 0 radical (unpaired) electrons. The molecule has 1 aromatic heterocycles. The Morgan fingerprint density at radius 2 is 2.04 bits per heavy atom. The lowest BCUT2D eigenvalue weighted by Crippen LogP contribution is -2.42. The first-order valence-electron chi connectivity index (χ1n) is 9.84. The summed E-state index contributed by atoms with van der Waals surface area (Å²) in [5.41, 5.74) is 1.01. The predicted molar refractivity (Wildman–Crippen MR) is 99.5 cm³/mol. The minimum Gasteiger partial charge on any atom is -0.376 e. The molecule has 1 aliphatic carbocycles. The summed E-state index contributed by atoms with van der Waals surface area (Å²) in [5, 5.41) is 0. The molecule has 0 spiro atoms. The van der Waals surface area contributed by atoms with E-state index in [-0.39, 0.29) is 23.7 Å². The lowest BCUT2D eigenvalue weighted by Gasteiger charge is -2.33. The highest BCUT2D eigenvalue weighted by atomic mass is 19.1. The van der Waals surface area contributed by atoms with E-state index in [1.807, 2.05) is 15.7 Å². The van der Waals surface area contributed by atoms with Crippen molar-refractivity contribution in [3.05, 3.63) is 53.9 Å². The van der Waals surface area contributed by atoms with Crippen LogP contribution >= 0.6 is 0 Å². The molecule has 2 fully saturated rings. The minimum absolute atomic E-state index is 0.134. The van der Waals surface area contributed by atoms with Gasteiger partial charge in [-0.05, 0) is 43.4 Å². The molecule has 2 aromatic rings. The van der Waals surface area contributed by atoms with Crippen molar-refractivity contribution in [2.75, 3.05) is 13.2 Å². The van der Waals surface area contributed by atoms with E-state index < -0.39 is 0 Å². The fourth-order valence-corrected chi connectivity index (χ4v) is 3.77. The smallest absolute Gasteiger partial charge is 0.226 e. The van der Waals surface area contributed by atoms with E-state index in [0.717, 1.165) is 50.1 Å². The van der Waals surface area contributed by atoms with Crippen molar-refractivity contribution in [2.45, 2.75) is 51.3 Å². The molecule has 2 heterocycles. The number of ether oxygens (including phenoxy) is 1. The van der Waals surface area contributed by atoms with Gasteiger partial charge in [0.25, 0.3) is 0 Å². The molecule has 1 atom stereocenters. The summed E-state index contributed by atoms with van der Waals surface area (Å²) in [6, 6.07) is 6.50. The first-order valence-corrected chi connectivity index (χ1v) is 9.84. The zero-order valence-corrected chi connectivity index (χ0v) is 15.5. The first kappa shape index (κ1) is 18.2. The van der Waals surface area contributed by atoms with Gasteiger partial charge in [0.1, 0.15) is 11.6 Å². The molecule has 1 amide bonds. The first-order chi connectivity index (χ1) is 13.2. The zero-order valence-electron chi connectivity index (χ0n) is 15.5. The third kappa shape index (κ3) is 4.38. The predicted octanol–water partition coefficient (Wildman–Crippen LogP) is 3.38. The fraction of sp³-hybridized carbons (Fsp3) is 0.524. The van der Waals surface area contributed by atoms with Gasteiger partial charge in [-0.25, -0.2) is 9.37 Å². The maximum atomic E-state index is 13.1. The van der Waals surface area contributed by atoms with Gasteiger partial charge in [-0.2, -0.15) is 0 Å². The van der Waals surface area contributed by atoms with Gasteiger partial charge in [0.15, 0.2) is 0 Å². The van der Waals surface area contributed by atoms with Crippen LogP contribution in [0.4, 0.5) is 4.39 Å². The minimum atomic E-state index is -0.238. The second-order valence-corrected chi connectivity index (χ2v) is 7.58. The molecule has 6 heteroatoms. The molecule has 5 nitrogen and oxygen atoms in total. The van der Waals surface area contributed by atoms with Gasteiger partial charge >= 0.3 is 0 Å². The van der Waals surface area contributed by atoms with Crippen molar-refractivity contribution in [1.29, 1.82) is 0 Å². The molecule has 1 aromatic carbocycles. The third-order valence-electron chi connectivity index (χ3n) is 5.61. The van der Waals surface area contributed by atoms with E-state index in [0.29, 0.717) is 19.6 Å². The van der Waals surface area contributed by atoms with Crippen molar-refractivity contribution >= 4 is 5.91 Å². The van der Waals surface area contributed by atoms with Crippen LogP contribution in [-0.4, -0.2) is 39.6 Å². The highest BCUT2D eigenvalue weighted by Gasteiger charge is 2.32. The van der Waals surface area contributed by atoms with E-state index in [2.05, 4.69) is 4.98 Å². The molecule has 0 N–H and O–H groups in total. The normalized spacial score (nSPS) is 19.8. The summed E-state index contributed by atoms with van der Waals surface area (Å²) in [6.07, 6.45) is 9.01. The summed E-state index contributed by atoms with van der Waals surface area (Å²) in [7, 11) is 0. The van der Waals surface area contributed by atoms with Crippen LogP contribution in [0, 0.1) is 11.7 Å². The van der Waals surface area contributed by atoms with Crippen LogP contribution in [0.25, 0.3) is 0 Å². The SMILES string of the molecule is O=C(C1CCC1)N(Cc1nccn1Cc1ccc(F)cc1)C[C@@H]1CCCO1. The Kier molecular flexibility index (Phi) is 5.53. The number of hydrogen-bond donors (Lipinski definition) is 0. The van der Waals surface area contributed by atoms with Gasteiger partial charge in [0.05, 0.1) is 12.6 Å². The lowest BCUT2D eigenvalue weighted by atomic mass is 9.84. The summed E-state index contributed by atoms with van der Waals surface area (Å²) >= 11 is 0. The molecule has 1 saturated carbocycles. The second kappa shape index (κ2) is 8.21. The van der Waals surface area contributed by atoms with Crippen molar-refractivity contribution in [3.8, 4) is 0 Å². The Balaban J connectivity index is 1.47. The highest BCUT2D eigenvalue weighted by Crippen LogP contribution is 2.29. The monoisotopic (exact) mass is 371 g/mol. The fourth-order valence-electron chi connectivity index (χ4n) is 3.77. The number of carbonyl (C=O) groups is 1. The molecule has 1 saturated heterocycles. The number of amides is 1. The zero-order chi connectivity index (χ0) is 18.6. The molecule has 144 valence electrons. The topological polar surface area (TPSA) is 47.4 Å². The van der Waals surface area contributed by atoms with Crippen LogP contribution in [0.1, 0.15) is 43.5 Å². The molecule has 2 aliphatic rings. The van der Waals surface area contributed by atoms with E-state index in [4.69, 9.17) is 4.74 Å². The maximum absolute atomic E-state index is 13.1. The molecular formula is C21H26FN3O2. The maximum Gasteiger partial charge on any atom is 0.226 e. The quantitative estimate of drug-likeness (QED) is 0.750. The van der Waals surface area contributed by atoms with E-state index in [9.17, 15) is 9.18 Å². The Hall–Kier alpha value is -2.21. The van der Waals surface area contributed by atoms with Crippen LogP contribution in [-0.2, 0) is 22.6 Å². The standard InChI is InChI=1S/C21H26FN3O2/c22-18-8-6-16(7-9-18)13-24-11-10-23-20(24)15-25(14-19-5-2-12-27-19)21(26)17-3-1-4-17/h6-11,17,19H,1-5,12-15H2/t19-/m0/s1. The van der Waals surface area contributed by atoms with E-state index in [1.165, 1.54) is 12.1 Å². The largest absolute Gasteiger partial charge is 0.376 e. The second-order valence-electron chi connectivity index (χ2n) is 7.58. The Morgan fingerprint density at radius 1 is 1.22 bits per heavy atom. The van der Waals surface area contributed by atoms with Gasteiger partial charge < -0.3 is 14.2 Å². The van der Waals surface area contributed by atoms with Crippen LogP contribution < -0.4 is 0 Å². The number of rotatable bonds is 7. The highest BCUT2D eigenvalue weighted by molar-refractivity contribution is 5.79. The lowest BCUT2D eigenvalue weighted by molar-refractivity contribution is -0.140. The number of carbonyl (C=O) groups excluding carboxylic acids is 1. The molecule has 0 bridgehead atoms. The summed E-state index contributed by atoms with van der Waals surface area (Å²) in [4.78, 5) is 19.4. The molecule has 4 rings (SSSR count). The summed E-state index contributed by atoms with van der Waals surface area (Å²) in [6.45, 7) is 2.53. The van der Waals surface area contributed by atoms with Crippen LogP contribution in [0.5, 0.6) is 0 Å². The molecule has 27 heavy (non-hydrogen) atoms. The van der Waals surface area contributed by atoms with Gasteiger partial charge in [-0.1, -0.05) is 18.6 Å². The van der Waals surface area contributed by atoms with Crippen molar-refractivity contribution in [2.24, 2.45) is 5.92 Å². The van der Waals surface area contributed by atoms with Gasteiger partial charge in [-0.15, -0.1) is 0 Å². The van der Waals surface area contributed by atoms with Crippen LogP contribution in [0.2, 0.25) is 0 Å². The van der Waals surface area contributed by atoms with E-state index in [1.54, 1.807) is 18.3 Å². The van der Waals surface area contributed by atoms with Gasteiger partial charge in [0, 0.05) is 38.0 Å². The van der Waals surface area contributed by atoms with Crippen molar-refractivity contribution in [1.82, 2.24) is 14.5 Å². The molecule has 0 unspecified atom stereocenters. The summed E-state index contributed by atoms with van der Waals surface area (Å²) < 4.78 is 20.9. The molecule has 1 aliphatic heterocycles. The van der Waals surface area contributed by atoms with Crippen molar-refractivity contribution in [3.63, 3.8) is 0 Å². The Labute approximate surface area is 159 Å².